The Labute approximate surface area is 241 Å². The van der Waals surface area contributed by atoms with Crippen LogP contribution in [0.3, 0.4) is 0 Å². The highest BCUT2D eigenvalue weighted by Crippen LogP contribution is 2.12. The second kappa shape index (κ2) is 16.0. The van der Waals surface area contributed by atoms with Gasteiger partial charge in [-0.2, -0.15) is 0 Å². The molecule has 222 valence electrons. The molecule has 0 aromatic heterocycles. The van der Waals surface area contributed by atoms with E-state index in [2.05, 4.69) is 21.1 Å². The van der Waals surface area contributed by atoms with Gasteiger partial charge in [0.05, 0.1) is 23.9 Å². The van der Waals surface area contributed by atoms with E-state index in [-0.39, 0.29) is 16.6 Å². The van der Waals surface area contributed by atoms with Gasteiger partial charge in [-0.05, 0) is 42.9 Å². The Morgan fingerprint density at radius 2 is 1.61 bits per heavy atom. The molecular weight excluding hydrogens is 546 g/mol. The Morgan fingerprint density at radius 1 is 0.976 bits per heavy atom. The van der Waals surface area contributed by atoms with Gasteiger partial charge in [-0.15, -0.1) is 0 Å². The summed E-state index contributed by atoms with van der Waals surface area (Å²) in [6.07, 6.45) is 2.35. The van der Waals surface area contributed by atoms with Crippen molar-refractivity contribution in [3.05, 3.63) is 66.2 Å². The first-order valence-corrected chi connectivity index (χ1v) is 15.4. The molecule has 41 heavy (non-hydrogen) atoms. The van der Waals surface area contributed by atoms with Gasteiger partial charge in [0.25, 0.3) is 5.91 Å². The largest absolute Gasteiger partial charge is 0.379 e. The predicted octanol–water partition coefficient (Wildman–Crippen LogP) is 2.14. The van der Waals surface area contributed by atoms with Gasteiger partial charge in [0.1, 0.15) is 12.1 Å². The quantitative estimate of drug-likeness (QED) is 0.305. The third kappa shape index (κ3) is 11.1. The van der Waals surface area contributed by atoms with Gasteiger partial charge in [-0.25, -0.2) is 18.2 Å². The molecule has 1 saturated heterocycles. The molecule has 12 heteroatoms. The third-order valence-electron chi connectivity index (χ3n) is 6.38. The fourth-order valence-corrected chi connectivity index (χ4v) is 5.28. The Morgan fingerprint density at radius 3 is 2.24 bits per heavy atom. The summed E-state index contributed by atoms with van der Waals surface area (Å²) >= 11 is 0. The third-order valence-corrected chi connectivity index (χ3v) is 7.96. The Bertz CT molecular complexity index is 1270. The van der Waals surface area contributed by atoms with Gasteiger partial charge in [0.2, 0.25) is 5.91 Å². The molecule has 1 aliphatic heterocycles. The number of aryl methyl sites for hydroxylation is 1. The number of carbonyl (C=O) groups excluding carboxylic acids is 3. The van der Waals surface area contributed by atoms with E-state index in [0.29, 0.717) is 45.6 Å². The molecule has 3 rings (SSSR count). The highest BCUT2D eigenvalue weighted by Gasteiger charge is 2.28. The number of hydrogen-bond donors (Lipinski definition) is 3. The van der Waals surface area contributed by atoms with Gasteiger partial charge in [0, 0.05) is 19.3 Å². The number of sulfone groups is 1. The van der Waals surface area contributed by atoms with Gasteiger partial charge in [-0.3, -0.25) is 25.3 Å². The molecule has 2 aromatic carbocycles. The summed E-state index contributed by atoms with van der Waals surface area (Å²) in [6, 6.07) is 15.0. The smallest absolute Gasteiger partial charge is 0.336 e. The molecule has 0 spiro atoms. The Kier molecular flexibility index (Phi) is 12.4. The van der Waals surface area contributed by atoms with Crippen molar-refractivity contribution in [3.8, 4) is 0 Å². The van der Waals surface area contributed by atoms with Gasteiger partial charge < -0.3 is 10.1 Å². The molecule has 11 nitrogen and oxygen atoms in total. The van der Waals surface area contributed by atoms with Gasteiger partial charge >= 0.3 is 6.03 Å². The minimum Gasteiger partial charge on any atom is -0.379 e. The maximum Gasteiger partial charge on any atom is 0.336 e. The number of aliphatic imine (C=N–C) groups is 1. The summed E-state index contributed by atoms with van der Waals surface area (Å²) in [6.45, 7) is 5.73. The first-order chi connectivity index (χ1) is 19.6. The number of imide groups is 1. The summed E-state index contributed by atoms with van der Waals surface area (Å²) in [5.41, 5.74) is 3.61. The number of nitrogens with zero attached hydrogens (tertiary/aromatic N) is 2. The van der Waals surface area contributed by atoms with Crippen LogP contribution in [-0.2, 0) is 30.6 Å². The van der Waals surface area contributed by atoms with Crippen LogP contribution >= 0.6 is 0 Å². The molecule has 0 saturated carbocycles. The zero-order valence-corrected chi connectivity index (χ0v) is 24.3. The molecule has 1 heterocycles. The fraction of sp³-hybridized carbons (Fsp3) is 0.448. The average molecular weight is 586 g/mol. The molecule has 0 aliphatic carbocycles. The Balaban J connectivity index is 1.69. The van der Waals surface area contributed by atoms with Gasteiger partial charge in [0.15, 0.2) is 9.84 Å². The number of hydrogen-bond acceptors (Lipinski definition) is 8. The van der Waals surface area contributed by atoms with E-state index in [4.69, 9.17) is 4.74 Å². The van der Waals surface area contributed by atoms with E-state index >= 15 is 0 Å². The second-order valence-electron chi connectivity index (χ2n) is 10.2. The van der Waals surface area contributed by atoms with Crippen LogP contribution in [0.5, 0.6) is 0 Å². The van der Waals surface area contributed by atoms with Crippen LogP contribution in [0.2, 0.25) is 0 Å². The van der Waals surface area contributed by atoms with Crippen molar-refractivity contribution >= 4 is 33.9 Å². The zero-order chi connectivity index (χ0) is 29.7. The second-order valence-corrected chi connectivity index (χ2v) is 12.2. The molecule has 4 amide bonds. The van der Waals surface area contributed by atoms with Crippen LogP contribution in [0.25, 0.3) is 0 Å². The number of morpholine rings is 1. The molecule has 1 aliphatic rings. The number of hydrazine groups is 1. The van der Waals surface area contributed by atoms with Crippen molar-refractivity contribution in [3.63, 3.8) is 0 Å². The van der Waals surface area contributed by atoms with Crippen LogP contribution in [0.1, 0.15) is 32.3 Å². The summed E-state index contributed by atoms with van der Waals surface area (Å²) in [5, 5.41) is 6.71. The van der Waals surface area contributed by atoms with Crippen molar-refractivity contribution in [1.82, 2.24) is 21.1 Å². The summed E-state index contributed by atoms with van der Waals surface area (Å²) in [4.78, 5) is 43.4. The number of ether oxygens (including phenoxy) is 1. The number of amides is 4. The molecule has 0 bridgehead atoms. The summed E-state index contributed by atoms with van der Waals surface area (Å²) in [5.74, 6) is -1.50. The van der Waals surface area contributed by atoms with E-state index in [1.54, 1.807) is 23.2 Å². The number of rotatable bonds is 13. The van der Waals surface area contributed by atoms with Gasteiger partial charge in [-0.1, -0.05) is 62.4 Å². The molecule has 2 atom stereocenters. The average Bonchev–Trinajstić information content (AvgIpc) is 2.95. The fourth-order valence-electron chi connectivity index (χ4n) is 4.23. The minimum atomic E-state index is -3.63. The summed E-state index contributed by atoms with van der Waals surface area (Å²) < 4.78 is 30.7. The minimum absolute atomic E-state index is 0.0376. The molecule has 3 N–H and O–H groups in total. The maximum atomic E-state index is 13.4. The zero-order valence-electron chi connectivity index (χ0n) is 23.5. The van der Waals surface area contributed by atoms with Crippen molar-refractivity contribution in [2.24, 2.45) is 10.9 Å². The van der Waals surface area contributed by atoms with Crippen LogP contribution in [0.15, 0.2) is 70.6 Å². The SMILES string of the molecule is CC(C)CC(NC(=O)C(CCc1ccccc1)N=CCS(=O)(=O)c1ccccc1)C(=O)NC(=O)NN1CCOCC1. The molecule has 2 unspecified atom stereocenters. The van der Waals surface area contributed by atoms with E-state index in [1.165, 1.54) is 18.3 Å². The van der Waals surface area contributed by atoms with E-state index < -0.39 is 39.8 Å². The Hall–Kier alpha value is -3.61. The van der Waals surface area contributed by atoms with Crippen LogP contribution in [-0.4, -0.2) is 81.6 Å². The predicted molar refractivity (Wildman–Crippen MR) is 156 cm³/mol. The maximum absolute atomic E-state index is 13.4. The van der Waals surface area contributed by atoms with Crippen molar-refractivity contribution in [2.45, 2.75) is 50.1 Å². The number of nitrogens with one attached hydrogen (secondary N) is 3. The van der Waals surface area contributed by atoms with E-state index in [0.717, 1.165) is 5.56 Å². The lowest BCUT2D eigenvalue weighted by atomic mass is 10.0. The number of urea groups is 1. The molecule has 0 radical (unpaired) electrons. The molecular formula is C29H39N5O6S. The lowest BCUT2D eigenvalue weighted by molar-refractivity contribution is -0.129. The van der Waals surface area contributed by atoms with Crippen molar-refractivity contribution in [1.29, 1.82) is 0 Å². The monoisotopic (exact) mass is 585 g/mol. The highest BCUT2D eigenvalue weighted by atomic mass is 32.2. The van der Waals surface area contributed by atoms with Crippen LogP contribution < -0.4 is 16.1 Å². The first-order valence-electron chi connectivity index (χ1n) is 13.7. The lowest BCUT2D eigenvalue weighted by Crippen LogP contribution is -2.56. The van der Waals surface area contributed by atoms with E-state index in [1.807, 2.05) is 44.2 Å². The number of benzene rings is 2. The van der Waals surface area contributed by atoms with Crippen LogP contribution in [0, 0.1) is 5.92 Å². The normalized spacial score (nSPS) is 15.8. The molecule has 2 aromatic rings. The van der Waals surface area contributed by atoms with Crippen molar-refractivity contribution < 1.29 is 27.5 Å². The topological polar surface area (TPSA) is 146 Å². The first kappa shape index (κ1) is 31.9. The highest BCUT2D eigenvalue weighted by molar-refractivity contribution is 7.92. The lowest BCUT2D eigenvalue weighted by Gasteiger charge is -2.27. The standard InChI is InChI=1S/C29H39N5O6S/c1-22(2)21-26(28(36)32-29(37)33-34-16-18-40-19-17-34)31-27(35)25(14-13-23-9-5-3-6-10-23)30-15-20-41(38,39)24-11-7-4-8-12-24/h3-12,15,22,25-26H,13-14,16-21H2,1-2H3,(H,31,35)(H2,32,33,36,37). The molecule has 1 fully saturated rings. The van der Waals surface area contributed by atoms with Crippen molar-refractivity contribution in [2.75, 3.05) is 32.1 Å². The van der Waals surface area contributed by atoms with E-state index in [9.17, 15) is 22.8 Å². The summed E-state index contributed by atoms with van der Waals surface area (Å²) in [7, 11) is -3.63. The number of carbonyl (C=O) groups is 3. The van der Waals surface area contributed by atoms with Crippen LogP contribution in [0.4, 0.5) is 4.79 Å².